The highest BCUT2D eigenvalue weighted by Gasteiger charge is 2.58. The first kappa shape index (κ1) is 42.5. The van der Waals surface area contributed by atoms with Gasteiger partial charge in [0.25, 0.3) is 0 Å². The van der Waals surface area contributed by atoms with Crippen molar-refractivity contribution in [2.24, 2.45) is 0 Å². The van der Waals surface area contributed by atoms with Gasteiger partial charge in [0.1, 0.15) is 12.2 Å². The van der Waals surface area contributed by atoms with E-state index in [1.165, 1.54) is 128 Å². The average molecular weight is 670 g/mol. The lowest BCUT2D eigenvalue weighted by atomic mass is 9.98. The SMILES string of the molecule is CCCCCC=CCC=CCCCCCCCCC1(CCCCCCCCC=CCC=CCCCCC)OC2C(=O)OC(CNC)C2O1. The molecule has 0 saturated carbocycles. The molecule has 2 aliphatic rings. The number of likely N-dealkylation sites (N-methyl/N-ethyl adjacent to an activating group) is 1. The van der Waals surface area contributed by atoms with Gasteiger partial charge in [-0.3, -0.25) is 0 Å². The molecule has 5 heteroatoms. The number of rotatable bonds is 32. The first-order valence-corrected chi connectivity index (χ1v) is 20.5. The van der Waals surface area contributed by atoms with Crippen LogP contribution in [0.1, 0.15) is 181 Å². The zero-order valence-electron chi connectivity index (χ0n) is 31.6. The molecule has 48 heavy (non-hydrogen) atoms. The van der Waals surface area contributed by atoms with Crippen LogP contribution in [0.4, 0.5) is 0 Å². The normalized spacial score (nSPS) is 22.7. The van der Waals surface area contributed by atoms with Gasteiger partial charge in [-0.1, -0.05) is 140 Å². The molecule has 0 aromatic carbocycles. The van der Waals surface area contributed by atoms with Gasteiger partial charge in [-0.05, 0) is 84.1 Å². The molecule has 276 valence electrons. The largest absolute Gasteiger partial charge is 0.456 e. The summed E-state index contributed by atoms with van der Waals surface area (Å²) in [5.74, 6) is -0.887. The highest BCUT2D eigenvalue weighted by Crippen LogP contribution is 2.42. The maximum atomic E-state index is 12.6. The van der Waals surface area contributed by atoms with Crippen molar-refractivity contribution in [1.29, 1.82) is 0 Å². The molecule has 2 heterocycles. The van der Waals surface area contributed by atoms with Gasteiger partial charge in [-0.15, -0.1) is 0 Å². The zero-order chi connectivity index (χ0) is 34.4. The Bertz CT molecular complexity index is 845. The Morgan fingerprint density at radius 1 is 0.562 bits per heavy atom. The lowest BCUT2D eigenvalue weighted by Gasteiger charge is -2.30. The van der Waals surface area contributed by atoms with Crippen LogP contribution in [-0.4, -0.2) is 43.7 Å². The summed E-state index contributed by atoms with van der Waals surface area (Å²) in [6, 6.07) is 0. The van der Waals surface area contributed by atoms with Gasteiger partial charge in [0.15, 0.2) is 11.9 Å². The van der Waals surface area contributed by atoms with E-state index in [1.54, 1.807) is 0 Å². The third kappa shape index (κ3) is 19.5. The van der Waals surface area contributed by atoms with Crippen LogP contribution in [0.15, 0.2) is 48.6 Å². The second-order valence-corrected chi connectivity index (χ2v) is 14.2. The Morgan fingerprint density at radius 2 is 0.979 bits per heavy atom. The maximum absolute atomic E-state index is 12.6. The monoisotopic (exact) mass is 670 g/mol. The van der Waals surface area contributed by atoms with Gasteiger partial charge < -0.3 is 19.5 Å². The summed E-state index contributed by atoms with van der Waals surface area (Å²) >= 11 is 0. The van der Waals surface area contributed by atoms with Gasteiger partial charge in [-0.2, -0.15) is 0 Å². The van der Waals surface area contributed by atoms with E-state index in [9.17, 15) is 4.79 Å². The van der Waals surface area contributed by atoms with Crippen molar-refractivity contribution >= 4 is 5.97 Å². The van der Waals surface area contributed by atoms with Gasteiger partial charge in [0.2, 0.25) is 0 Å². The van der Waals surface area contributed by atoms with Crippen molar-refractivity contribution in [2.75, 3.05) is 13.6 Å². The lowest BCUT2D eigenvalue weighted by molar-refractivity contribution is -0.210. The summed E-state index contributed by atoms with van der Waals surface area (Å²) < 4.78 is 18.6. The summed E-state index contributed by atoms with van der Waals surface area (Å²) in [6.07, 6.45) is 48.9. The van der Waals surface area contributed by atoms with E-state index in [0.717, 1.165) is 38.5 Å². The average Bonchev–Trinajstić information content (AvgIpc) is 3.60. The van der Waals surface area contributed by atoms with E-state index in [4.69, 9.17) is 14.2 Å². The Kier molecular flexibility index (Phi) is 25.7. The smallest absolute Gasteiger partial charge is 0.338 e. The summed E-state index contributed by atoms with van der Waals surface area (Å²) in [6.45, 7) is 5.11. The predicted molar refractivity (Wildman–Crippen MR) is 204 cm³/mol. The molecule has 0 aliphatic carbocycles. The maximum Gasteiger partial charge on any atom is 0.338 e. The van der Waals surface area contributed by atoms with E-state index in [0.29, 0.717) is 6.54 Å². The topological polar surface area (TPSA) is 56.8 Å². The summed E-state index contributed by atoms with van der Waals surface area (Å²) in [4.78, 5) is 12.6. The van der Waals surface area contributed by atoms with Crippen LogP contribution >= 0.6 is 0 Å². The minimum Gasteiger partial charge on any atom is -0.456 e. The van der Waals surface area contributed by atoms with Crippen LogP contribution in [0.3, 0.4) is 0 Å². The van der Waals surface area contributed by atoms with Crippen LogP contribution in [0, 0.1) is 0 Å². The van der Waals surface area contributed by atoms with E-state index >= 15 is 0 Å². The van der Waals surface area contributed by atoms with Crippen LogP contribution in [0.5, 0.6) is 0 Å². The second kappa shape index (κ2) is 29.1. The van der Waals surface area contributed by atoms with Crippen molar-refractivity contribution in [1.82, 2.24) is 5.32 Å². The molecular formula is C43H75NO4. The third-order valence-corrected chi connectivity index (χ3v) is 9.78. The van der Waals surface area contributed by atoms with E-state index in [2.05, 4.69) is 67.8 Å². The molecule has 0 spiro atoms. The molecule has 0 aromatic heterocycles. The molecule has 1 N–H and O–H groups in total. The fraction of sp³-hybridized carbons (Fsp3) is 0.791. The number of fused-ring (bicyclic) bond motifs is 1. The van der Waals surface area contributed by atoms with E-state index in [1.807, 2.05) is 7.05 Å². The number of unbranched alkanes of at least 4 members (excludes halogenated alkanes) is 18. The number of esters is 1. The van der Waals surface area contributed by atoms with Gasteiger partial charge in [0, 0.05) is 19.4 Å². The molecule has 5 nitrogen and oxygen atoms in total. The molecule has 0 bridgehead atoms. The Balaban J connectivity index is 1.60. The van der Waals surface area contributed by atoms with Crippen LogP contribution in [-0.2, 0) is 19.0 Å². The molecular weight excluding hydrogens is 594 g/mol. The number of carbonyl (C=O) groups excluding carboxylic acids is 1. The van der Waals surface area contributed by atoms with E-state index < -0.39 is 11.9 Å². The lowest BCUT2D eigenvalue weighted by Crippen LogP contribution is -2.38. The Hall–Kier alpha value is -1.69. The Morgan fingerprint density at radius 3 is 1.42 bits per heavy atom. The summed E-state index contributed by atoms with van der Waals surface area (Å²) in [7, 11) is 1.89. The van der Waals surface area contributed by atoms with Crippen molar-refractivity contribution in [3.8, 4) is 0 Å². The summed E-state index contributed by atoms with van der Waals surface area (Å²) in [5.41, 5.74) is 0. The highest BCUT2D eigenvalue weighted by atomic mass is 16.8. The molecule has 3 unspecified atom stereocenters. The molecule has 0 aromatic rings. The first-order chi connectivity index (χ1) is 23.7. The molecule has 2 saturated heterocycles. The number of ether oxygens (including phenoxy) is 3. The fourth-order valence-corrected chi connectivity index (χ4v) is 6.86. The first-order valence-electron chi connectivity index (χ1n) is 20.5. The third-order valence-electron chi connectivity index (χ3n) is 9.78. The van der Waals surface area contributed by atoms with Crippen LogP contribution in [0.25, 0.3) is 0 Å². The second-order valence-electron chi connectivity index (χ2n) is 14.2. The number of nitrogens with one attached hydrogen (secondary N) is 1. The standard InChI is InChI=1S/C43H75NO4/c1-4-6-8-10-12-14-16-18-20-22-24-26-28-30-32-34-36-43(47-40-39(38-44-3)46-42(45)41(40)48-43)37-35-33-31-29-27-25-23-21-19-17-15-13-11-9-7-5-2/h12-15,18-21,39-41,44H,4-11,16-17,22-38H2,1-3H3. The van der Waals surface area contributed by atoms with E-state index in [-0.39, 0.29) is 18.2 Å². The molecule has 3 atom stereocenters. The number of cyclic esters (lactones) is 1. The molecule has 2 rings (SSSR count). The predicted octanol–water partition coefficient (Wildman–Crippen LogP) is 12.0. The van der Waals surface area contributed by atoms with Crippen molar-refractivity contribution in [3.63, 3.8) is 0 Å². The van der Waals surface area contributed by atoms with Crippen molar-refractivity contribution in [2.45, 2.75) is 205 Å². The highest BCUT2D eigenvalue weighted by molar-refractivity contribution is 5.78. The quantitative estimate of drug-likeness (QED) is 0.0439. The molecule has 0 amide bonds. The van der Waals surface area contributed by atoms with Gasteiger partial charge >= 0.3 is 5.97 Å². The molecule has 2 aliphatic heterocycles. The van der Waals surface area contributed by atoms with Crippen molar-refractivity contribution < 1.29 is 19.0 Å². The molecule has 0 radical (unpaired) electrons. The number of allylic oxidation sites excluding steroid dienone is 8. The number of hydrogen-bond acceptors (Lipinski definition) is 5. The van der Waals surface area contributed by atoms with Crippen molar-refractivity contribution in [3.05, 3.63) is 48.6 Å². The zero-order valence-corrected chi connectivity index (χ0v) is 31.6. The Labute approximate surface area is 296 Å². The minimum absolute atomic E-state index is 0.254. The van der Waals surface area contributed by atoms with Crippen LogP contribution < -0.4 is 5.32 Å². The molecule has 2 fully saturated rings. The summed E-state index contributed by atoms with van der Waals surface area (Å²) in [5, 5.41) is 3.15. The number of hydrogen-bond donors (Lipinski definition) is 1. The fourth-order valence-electron chi connectivity index (χ4n) is 6.86. The van der Waals surface area contributed by atoms with Crippen LogP contribution in [0.2, 0.25) is 0 Å². The number of carbonyl (C=O) groups is 1. The minimum atomic E-state index is -0.634. The van der Waals surface area contributed by atoms with Gasteiger partial charge in [-0.25, -0.2) is 4.79 Å². The van der Waals surface area contributed by atoms with Gasteiger partial charge in [0.05, 0.1) is 0 Å².